The first-order valence-electron chi connectivity index (χ1n) is 7.29. The van der Waals surface area contributed by atoms with Crippen LogP contribution < -0.4 is 5.63 Å². The number of benzene rings is 1. The molecule has 0 amide bonds. The average molecular weight is 313 g/mol. The van der Waals surface area contributed by atoms with Gasteiger partial charge >= 0.3 is 5.63 Å². The molecule has 0 fully saturated rings. The van der Waals surface area contributed by atoms with Crippen LogP contribution in [0.3, 0.4) is 0 Å². The molecule has 0 bridgehead atoms. The Hall–Kier alpha value is -1.94. The van der Waals surface area contributed by atoms with Gasteiger partial charge in [0.1, 0.15) is 10.2 Å². The Balaban J connectivity index is 2.13. The highest BCUT2D eigenvalue weighted by atomic mass is 32.1. The number of thiophene rings is 1. The molecule has 0 aliphatic heterocycles. The van der Waals surface area contributed by atoms with E-state index in [-0.39, 0.29) is 11.0 Å². The molecule has 0 unspecified atom stereocenters. The smallest absolute Gasteiger partial charge is 0.348 e. The zero-order valence-electron chi connectivity index (χ0n) is 13.5. The zero-order valence-corrected chi connectivity index (χ0v) is 14.3. The number of aromatic nitrogens is 1. The summed E-state index contributed by atoms with van der Waals surface area (Å²) in [5.41, 5.74) is 2.83. The Kier molecular flexibility index (Phi) is 3.44. The molecule has 0 N–H and O–H groups in total. The summed E-state index contributed by atoms with van der Waals surface area (Å²) in [7, 11) is 0. The first-order valence-corrected chi connectivity index (χ1v) is 8.11. The van der Waals surface area contributed by atoms with Crippen LogP contribution in [-0.2, 0) is 5.41 Å². The van der Waals surface area contributed by atoms with Crippen molar-refractivity contribution in [1.82, 2.24) is 4.98 Å². The van der Waals surface area contributed by atoms with Crippen molar-refractivity contribution in [3.05, 3.63) is 50.7 Å². The van der Waals surface area contributed by atoms with Gasteiger partial charge in [0, 0.05) is 10.4 Å². The lowest BCUT2D eigenvalue weighted by Gasteiger charge is -2.18. The first-order chi connectivity index (χ1) is 10.3. The summed E-state index contributed by atoms with van der Waals surface area (Å²) in [4.78, 5) is 18.6. The molecule has 0 aliphatic rings. The molecule has 4 heteroatoms. The molecule has 3 aromatic rings. The maximum absolute atomic E-state index is 12.2. The van der Waals surface area contributed by atoms with E-state index in [4.69, 9.17) is 4.42 Å². The minimum Gasteiger partial charge on any atom is -0.403 e. The fraction of sp³-hybridized carbons (Fsp3) is 0.333. The molecule has 1 aromatic carbocycles. The summed E-state index contributed by atoms with van der Waals surface area (Å²) in [6, 6.07) is 8.05. The lowest BCUT2D eigenvalue weighted by molar-refractivity contribution is 0.518. The van der Waals surface area contributed by atoms with Crippen molar-refractivity contribution in [3.8, 4) is 11.5 Å². The van der Waals surface area contributed by atoms with Crippen molar-refractivity contribution >= 4 is 21.6 Å². The Morgan fingerprint density at radius 2 is 1.73 bits per heavy atom. The van der Waals surface area contributed by atoms with Gasteiger partial charge in [-0.25, -0.2) is 9.78 Å². The van der Waals surface area contributed by atoms with Gasteiger partial charge in [-0.3, -0.25) is 0 Å². The van der Waals surface area contributed by atoms with Gasteiger partial charge in [0.15, 0.2) is 0 Å². The fourth-order valence-corrected chi connectivity index (χ4v) is 3.43. The van der Waals surface area contributed by atoms with Gasteiger partial charge in [-0.15, -0.1) is 11.3 Å². The van der Waals surface area contributed by atoms with Gasteiger partial charge in [-0.1, -0.05) is 32.9 Å². The summed E-state index contributed by atoms with van der Waals surface area (Å²) < 4.78 is 5.44. The van der Waals surface area contributed by atoms with Crippen molar-refractivity contribution in [1.29, 1.82) is 0 Å². The quantitative estimate of drug-likeness (QED) is 0.646. The molecular weight excluding hydrogens is 294 g/mol. The molecular formula is C18H19NO2S. The van der Waals surface area contributed by atoms with Crippen LogP contribution in [-0.4, -0.2) is 4.98 Å². The van der Waals surface area contributed by atoms with Gasteiger partial charge in [0.25, 0.3) is 0 Å². The van der Waals surface area contributed by atoms with Crippen LogP contribution >= 0.6 is 11.3 Å². The second-order valence-electron chi connectivity index (χ2n) is 6.60. The number of nitrogens with zero attached hydrogens (tertiary/aromatic N) is 1. The molecule has 0 radical (unpaired) electrons. The van der Waals surface area contributed by atoms with Crippen LogP contribution in [0.25, 0.3) is 21.7 Å². The number of rotatable bonds is 1. The van der Waals surface area contributed by atoms with Crippen LogP contribution in [0.4, 0.5) is 0 Å². The maximum Gasteiger partial charge on any atom is 0.348 e. The van der Waals surface area contributed by atoms with Crippen molar-refractivity contribution < 1.29 is 4.42 Å². The van der Waals surface area contributed by atoms with Crippen LogP contribution in [0, 0.1) is 13.8 Å². The van der Waals surface area contributed by atoms with E-state index in [1.807, 2.05) is 26.0 Å². The summed E-state index contributed by atoms with van der Waals surface area (Å²) >= 11 is 1.54. The minimum atomic E-state index is -0.304. The molecule has 3 nitrogen and oxygen atoms in total. The largest absolute Gasteiger partial charge is 0.403 e. The third kappa shape index (κ3) is 2.48. The standard InChI is InChI=1S/C18H19NO2S/c1-10-11(2)22-16-14(10)17(20)21-15(19-16)12-6-8-13(9-7-12)18(3,4)5/h6-9H,1-5H3. The van der Waals surface area contributed by atoms with Gasteiger partial charge in [-0.2, -0.15) is 0 Å². The predicted molar refractivity (Wildman–Crippen MR) is 91.8 cm³/mol. The van der Waals surface area contributed by atoms with E-state index in [2.05, 4.69) is 37.9 Å². The molecule has 3 rings (SSSR count). The molecule has 2 heterocycles. The zero-order chi connectivity index (χ0) is 16.1. The first kappa shape index (κ1) is 15.0. The Bertz CT molecular complexity index is 896. The molecule has 0 saturated carbocycles. The SMILES string of the molecule is Cc1sc2nc(-c3ccc(C(C)(C)C)cc3)oc(=O)c2c1C. The van der Waals surface area contributed by atoms with Gasteiger partial charge in [0.05, 0.1) is 0 Å². The molecule has 0 spiro atoms. The van der Waals surface area contributed by atoms with Crippen LogP contribution in [0.15, 0.2) is 33.5 Å². The van der Waals surface area contributed by atoms with Gasteiger partial charge < -0.3 is 4.42 Å². The molecule has 22 heavy (non-hydrogen) atoms. The highest BCUT2D eigenvalue weighted by Gasteiger charge is 2.16. The average Bonchev–Trinajstić information content (AvgIpc) is 2.73. The van der Waals surface area contributed by atoms with Crippen molar-refractivity contribution in [3.63, 3.8) is 0 Å². The third-order valence-corrected chi connectivity index (χ3v) is 5.06. The highest BCUT2D eigenvalue weighted by Crippen LogP contribution is 2.29. The second-order valence-corrected chi connectivity index (χ2v) is 7.80. The Labute approximate surface area is 133 Å². The summed E-state index contributed by atoms with van der Waals surface area (Å²) in [5, 5.41) is 0.609. The van der Waals surface area contributed by atoms with E-state index in [9.17, 15) is 4.79 Å². The van der Waals surface area contributed by atoms with Crippen LogP contribution in [0.2, 0.25) is 0 Å². The maximum atomic E-state index is 12.2. The second kappa shape index (κ2) is 5.06. The molecule has 114 valence electrons. The molecule has 0 aliphatic carbocycles. The molecule has 0 saturated heterocycles. The number of aryl methyl sites for hydroxylation is 2. The van der Waals surface area contributed by atoms with E-state index in [0.717, 1.165) is 20.8 Å². The normalized spacial score (nSPS) is 12.0. The van der Waals surface area contributed by atoms with Crippen molar-refractivity contribution in [2.24, 2.45) is 0 Å². The lowest BCUT2D eigenvalue weighted by atomic mass is 9.87. The summed E-state index contributed by atoms with van der Waals surface area (Å²) in [6.45, 7) is 10.4. The predicted octanol–water partition coefficient (Wildman–Crippen LogP) is 4.83. The van der Waals surface area contributed by atoms with E-state index >= 15 is 0 Å². The van der Waals surface area contributed by atoms with Crippen LogP contribution in [0.5, 0.6) is 0 Å². The Morgan fingerprint density at radius 3 is 2.32 bits per heavy atom. The van der Waals surface area contributed by atoms with Crippen molar-refractivity contribution in [2.45, 2.75) is 40.0 Å². The Morgan fingerprint density at radius 1 is 1.09 bits per heavy atom. The summed E-state index contributed by atoms with van der Waals surface area (Å²) in [5.74, 6) is 0.388. The molecule has 0 atom stereocenters. The number of fused-ring (bicyclic) bond motifs is 1. The van der Waals surface area contributed by atoms with Crippen molar-refractivity contribution in [2.75, 3.05) is 0 Å². The third-order valence-electron chi connectivity index (χ3n) is 3.96. The van der Waals surface area contributed by atoms with Gasteiger partial charge in [-0.05, 0) is 42.5 Å². The highest BCUT2D eigenvalue weighted by molar-refractivity contribution is 7.18. The van der Waals surface area contributed by atoms with E-state index in [1.165, 1.54) is 16.9 Å². The van der Waals surface area contributed by atoms with E-state index < -0.39 is 0 Å². The van der Waals surface area contributed by atoms with Crippen LogP contribution in [0.1, 0.15) is 36.8 Å². The number of hydrogen-bond acceptors (Lipinski definition) is 4. The van der Waals surface area contributed by atoms with E-state index in [1.54, 1.807) is 0 Å². The number of hydrogen-bond donors (Lipinski definition) is 0. The monoisotopic (exact) mass is 313 g/mol. The van der Waals surface area contributed by atoms with Gasteiger partial charge in [0.2, 0.25) is 5.89 Å². The summed E-state index contributed by atoms with van der Waals surface area (Å²) in [6.07, 6.45) is 0. The van der Waals surface area contributed by atoms with E-state index in [0.29, 0.717) is 11.3 Å². The molecule has 2 aromatic heterocycles. The topological polar surface area (TPSA) is 43.1 Å². The lowest BCUT2D eigenvalue weighted by Crippen LogP contribution is -2.10. The fourth-order valence-electron chi connectivity index (χ4n) is 2.42. The minimum absolute atomic E-state index is 0.0960.